The maximum absolute atomic E-state index is 13.5. The number of piperazine rings is 2. The number of aliphatic hydroxyl groups is 1. The Labute approximate surface area is 223 Å². The van der Waals surface area contributed by atoms with Crippen molar-refractivity contribution in [3.63, 3.8) is 0 Å². The van der Waals surface area contributed by atoms with Gasteiger partial charge in [-0.2, -0.15) is 5.10 Å². The molecule has 1 N–H and O–H groups in total. The summed E-state index contributed by atoms with van der Waals surface area (Å²) in [5.41, 5.74) is 6.20. The molecule has 2 fully saturated rings. The lowest BCUT2D eigenvalue weighted by Crippen LogP contribution is -2.56. The SMILES string of the molecule is Cc1cccc(N2CCN(C(=O)Cn3nc(C(=O)N4CCN(C(=O)CO)[C@H](C)C4)c4c3CCC4)CC2)c1C. The van der Waals surface area contributed by atoms with E-state index in [0.717, 1.165) is 43.6 Å². The number of aromatic nitrogens is 2. The summed E-state index contributed by atoms with van der Waals surface area (Å²) in [6, 6.07) is 6.18. The van der Waals surface area contributed by atoms with Crippen LogP contribution in [0.4, 0.5) is 5.69 Å². The van der Waals surface area contributed by atoms with Gasteiger partial charge in [-0.1, -0.05) is 12.1 Å². The van der Waals surface area contributed by atoms with Crippen LogP contribution in [-0.2, 0) is 29.0 Å². The second-order valence-corrected chi connectivity index (χ2v) is 10.7. The summed E-state index contributed by atoms with van der Waals surface area (Å²) in [5.74, 6) is -0.422. The van der Waals surface area contributed by atoms with E-state index in [1.807, 2.05) is 11.8 Å². The molecule has 10 nitrogen and oxygen atoms in total. The Morgan fingerprint density at radius 3 is 2.42 bits per heavy atom. The Kier molecular flexibility index (Phi) is 7.43. The molecule has 2 aromatic rings. The molecule has 10 heteroatoms. The van der Waals surface area contributed by atoms with Gasteiger partial charge in [0.15, 0.2) is 5.69 Å². The van der Waals surface area contributed by atoms with Crippen LogP contribution in [0.1, 0.15) is 46.2 Å². The van der Waals surface area contributed by atoms with Crippen LogP contribution in [0, 0.1) is 13.8 Å². The maximum atomic E-state index is 13.5. The van der Waals surface area contributed by atoms with Crippen LogP contribution in [-0.4, -0.2) is 106 Å². The van der Waals surface area contributed by atoms with Crippen molar-refractivity contribution in [3.05, 3.63) is 46.3 Å². The number of anilines is 1. The van der Waals surface area contributed by atoms with E-state index in [-0.39, 0.29) is 30.3 Å². The van der Waals surface area contributed by atoms with Gasteiger partial charge < -0.3 is 24.7 Å². The first-order valence-corrected chi connectivity index (χ1v) is 13.7. The minimum atomic E-state index is -0.523. The summed E-state index contributed by atoms with van der Waals surface area (Å²) < 4.78 is 1.75. The number of fused-ring (bicyclic) bond motifs is 1. The predicted molar refractivity (Wildman–Crippen MR) is 143 cm³/mol. The molecule has 3 heterocycles. The van der Waals surface area contributed by atoms with Crippen LogP contribution < -0.4 is 4.90 Å². The van der Waals surface area contributed by atoms with Crippen molar-refractivity contribution in [2.75, 3.05) is 57.3 Å². The topological polar surface area (TPSA) is 102 Å². The molecule has 2 aliphatic heterocycles. The van der Waals surface area contributed by atoms with Crippen molar-refractivity contribution in [2.24, 2.45) is 0 Å². The van der Waals surface area contributed by atoms with Crippen molar-refractivity contribution in [1.29, 1.82) is 0 Å². The molecule has 1 aromatic heterocycles. The largest absolute Gasteiger partial charge is 0.387 e. The van der Waals surface area contributed by atoms with E-state index >= 15 is 0 Å². The fourth-order valence-electron chi connectivity index (χ4n) is 6.07. The number of nitrogens with zero attached hydrogens (tertiary/aromatic N) is 6. The van der Waals surface area contributed by atoms with Gasteiger partial charge in [-0.05, 0) is 57.2 Å². The van der Waals surface area contributed by atoms with E-state index in [1.165, 1.54) is 16.8 Å². The summed E-state index contributed by atoms with van der Waals surface area (Å²) in [6.45, 7) is 9.88. The molecular weight excluding hydrogens is 484 g/mol. The second-order valence-electron chi connectivity index (χ2n) is 10.7. The molecule has 38 heavy (non-hydrogen) atoms. The fourth-order valence-corrected chi connectivity index (χ4v) is 6.07. The van der Waals surface area contributed by atoms with E-state index in [2.05, 4.69) is 42.0 Å². The zero-order chi connectivity index (χ0) is 27.0. The third-order valence-electron chi connectivity index (χ3n) is 8.41. The van der Waals surface area contributed by atoms with E-state index in [9.17, 15) is 19.5 Å². The minimum Gasteiger partial charge on any atom is -0.387 e. The summed E-state index contributed by atoms with van der Waals surface area (Å²) >= 11 is 0. The number of aryl methyl sites for hydroxylation is 1. The number of carbonyl (C=O) groups is 3. The highest BCUT2D eigenvalue weighted by Gasteiger charge is 2.34. The van der Waals surface area contributed by atoms with Crippen LogP contribution >= 0.6 is 0 Å². The molecule has 0 unspecified atom stereocenters. The van der Waals surface area contributed by atoms with Gasteiger partial charge in [0.25, 0.3) is 5.91 Å². The number of benzene rings is 1. The quantitative estimate of drug-likeness (QED) is 0.629. The first-order valence-electron chi connectivity index (χ1n) is 13.7. The predicted octanol–water partition coefficient (Wildman–Crippen LogP) is 1.00. The molecule has 0 spiro atoms. The zero-order valence-corrected chi connectivity index (χ0v) is 22.6. The summed E-state index contributed by atoms with van der Waals surface area (Å²) in [6.07, 6.45) is 2.56. The lowest BCUT2D eigenvalue weighted by molar-refractivity contribution is -0.138. The van der Waals surface area contributed by atoms with Crippen molar-refractivity contribution in [3.8, 4) is 0 Å². The molecule has 3 amide bonds. The number of carbonyl (C=O) groups excluding carboxylic acids is 3. The summed E-state index contributed by atoms with van der Waals surface area (Å²) in [5, 5.41) is 13.9. The van der Waals surface area contributed by atoms with Crippen molar-refractivity contribution in [2.45, 2.75) is 52.6 Å². The van der Waals surface area contributed by atoms with Gasteiger partial charge in [0.1, 0.15) is 13.2 Å². The molecule has 1 aromatic carbocycles. The molecule has 0 saturated carbocycles. The van der Waals surface area contributed by atoms with Crippen LogP contribution in [0.5, 0.6) is 0 Å². The molecule has 1 aliphatic carbocycles. The third-order valence-corrected chi connectivity index (χ3v) is 8.41. The van der Waals surface area contributed by atoms with Crippen molar-refractivity contribution < 1.29 is 19.5 Å². The number of hydrogen-bond donors (Lipinski definition) is 1. The highest BCUT2D eigenvalue weighted by Crippen LogP contribution is 2.28. The Hall–Kier alpha value is -3.40. The second kappa shape index (κ2) is 10.8. The Balaban J connectivity index is 1.24. The van der Waals surface area contributed by atoms with Crippen LogP contribution in [0.3, 0.4) is 0 Å². The first-order chi connectivity index (χ1) is 18.3. The van der Waals surface area contributed by atoms with Crippen LogP contribution in [0.2, 0.25) is 0 Å². The average Bonchev–Trinajstić information content (AvgIpc) is 3.53. The van der Waals surface area contributed by atoms with E-state index < -0.39 is 6.61 Å². The summed E-state index contributed by atoms with van der Waals surface area (Å²) in [4.78, 5) is 46.3. The number of amides is 3. The molecule has 1 atom stereocenters. The zero-order valence-electron chi connectivity index (χ0n) is 22.6. The van der Waals surface area contributed by atoms with Gasteiger partial charge in [-0.3, -0.25) is 19.1 Å². The molecule has 3 aliphatic rings. The van der Waals surface area contributed by atoms with E-state index in [1.54, 1.807) is 14.5 Å². The molecular formula is C28H38N6O4. The van der Waals surface area contributed by atoms with Crippen LogP contribution in [0.15, 0.2) is 18.2 Å². The van der Waals surface area contributed by atoms with Gasteiger partial charge in [-0.25, -0.2) is 0 Å². The Bertz CT molecular complexity index is 1230. The molecule has 5 rings (SSSR count). The standard InChI is InChI=1S/C28H38N6O4/c1-19-6-4-8-23(21(19)3)30-10-12-31(13-11-30)25(36)17-34-24-9-5-7-22(24)27(29-34)28(38)32-14-15-33(20(2)16-32)26(37)18-35/h4,6,8,20,35H,5,7,9-18H2,1-3H3/t20-/m1/s1. The first kappa shape index (κ1) is 26.2. The normalized spacial score (nSPS) is 19.6. The Morgan fingerprint density at radius 2 is 1.71 bits per heavy atom. The van der Waals surface area contributed by atoms with E-state index in [0.29, 0.717) is 38.4 Å². The molecule has 204 valence electrons. The molecule has 2 saturated heterocycles. The molecule has 0 radical (unpaired) electrons. The lowest BCUT2D eigenvalue weighted by Gasteiger charge is -2.39. The Morgan fingerprint density at radius 1 is 0.974 bits per heavy atom. The van der Waals surface area contributed by atoms with Gasteiger partial charge in [0, 0.05) is 68.8 Å². The van der Waals surface area contributed by atoms with Gasteiger partial charge in [0.2, 0.25) is 11.8 Å². The average molecular weight is 523 g/mol. The highest BCUT2D eigenvalue weighted by molar-refractivity contribution is 5.94. The minimum absolute atomic E-state index is 0.0339. The van der Waals surface area contributed by atoms with E-state index in [4.69, 9.17) is 0 Å². The van der Waals surface area contributed by atoms with Crippen molar-refractivity contribution in [1.82, 2.24) is 24.5 Å². The highest BCUT2D eigenvalue weighted by atomic mass is 16.3. The maximum Gasteiger partial charge on any atom is 0.274 e. The number of hydrogen-bond acceptors (Lipinski definition) is 6. The lowest BCUT2D eigenvalue weighted by atomic mass is 10.1. The number of rotatable bonds is 5. The van der Waals surface area contributed by atoms with Gasteiger partial charge in [-0.15, -0.1) is 0 Å². The van der Waals surface area contributed by atoms with Gasteiger partial charge in [0.05, 0.1) is 0 Å². The monoisotopic (exact) mass is 522 g/mol. The third kappa shape index (κ3) is 4.89. The van der Waals surface area contributed by atoms with Crippen LogP contribution in [0.25, 0.3) is 0 Å². The number of aliphatic hydroxyl groups excluding tert-OH is 1. The fraction of sp³-hybridized carbons (Fsp3) is 0.571. The smallest absolute Gasteiger partial charge is 0.274 e. The molecule has 0 bridgehead atoms. The van der Waals surface area contributed by atoms with Crippen molar-refractivity contribution >= 4 is 23.4 Å². The van der Waals surface area contributed by atoms with Gasteiger partial charge >= 0.3 is 0 Å². The summed E-state index contributed by atoms with van der Waals surface area (Å²) in [7, 11) is 0.